The van der Waals surface area contributed by atoms with Gasteiger partial charge in [0.25, 0.3) is 0 Å². The molecule has 1 N–H and O–H groups in total. The molecule has 1 unspecified atom stereocenters. The predicted octanol–water partition coefficient (Wildman–Crippen LogP) is 1.67. The molecule has 1 saturated carbocycles. The summed E-state index contributed by atoms with van der Waals surface area (Å²) in [5, 5.41) is 8.88. The van der Waals surface area contributed by atoms with Crippen molar-refractivity contribution in [2.75, 3.05) is 7.11 Å². The molecule has 0 spiro atoms. The van der Waals surface area contributed by atoms with E-state index in [2.05, 4.69) is 0 Å². The van der Waals surface area contributed by atoms with Crippen LogP contribution in [0.1, 0.15) is 32.6 Å². The van der Waals surface area contributed by atoms with Crippen molar-refractivity contribution in [3.63, 3.8) is 0 Å². The summed E-state index contributed by atoms with van der Waals surface area (Å²) >= 11 is 0. The number of carboxylic acid groups (broad SMARTS) is 1. The van der Waals surface area contributed by atoms with Crippen molar-refractivity contribution < 1.29 is 14.6 Å². The fourth-order valence-corrected chi connectivity index (χ4v) is 1.51. The zero-order valence-corrected chi connectivity index (χ0v) is 7.67. The molecule has 0 bridgehead atoms. The minimum Gasteiger partial charge on any atom is -0.479 e. The Morgan fingerprint density at radius 1 is 1.67 bits per heavy atom. The van der Waals surface area contributed by atoms with E-state index in [1.807, 2.05) is 0 Å². The van der Waals surface area contributed by atoms with Gasteiger partial charge >= 0.3 is 5.97 Å². The maximum absolute atomic E-state index is 10.8. The van der Waals surface area contributed by atoms with E-state index in [-0.39, 0.29) is 0 Å². The molecule has 0 saturated heterocycles. The maximum atomic E-state index is 10.8. The van der Waals surface area contributed by atoms with Crippen LogP contribution in [-0.2, 0) is 9.53 Å². The Morgan fingerprint density at radius 3 is 2.50 bits per heavy atom. The van der Waals surface area contributed by atoms with Crippen LogP contribution in [0, 0.1) is 5.92 Å². The highest BCUT2D eigenvalue weighted by Crippen LogP contribution is 2.34. The van der Waals surface area contributed by atoms with Gasteiger partial charge in [-0.2, -0.15) is 0 Å². The molecule has 1 rings (SSSR count). The number of methoxy groups -OCH3 is 1. The first-order valence-electron chi connectivity index (χ1n) is 4.37. The molecule has 0 aromatic carbocycles. The Kier molecular flexibility index (Phi) is 2.73. The molecular formula is C9H16O3. The highest BCUT2D eigenvalue weighted by molar-refractivity contribution is 5.76. The quantitative estimate of drug-likeness (QED) is 0.701. The minimum absolute atomic E-state index is 0.561. The van der Waals surface area contributed by atoms with E-state index >= 15 is 0 Å². The van der Waals surface area contributed by atoms with Crippen molar-refractivity contribution in [3.8, 4) is 0 Å². The number of rotatable bonds is 4. The summed E-state index contributed by atoms with van der Waals surface area (Å²) in [4.78, 5) is 10.8. The first kappa shape index (κ1) is 9.52. The second kappa shape index (κ2) is 3.44. The summed E-state index contributed by atoms with van der Waals surface area (Å²) in [5.74, 6) is -0.289. The van der Waals surface area contributed by atoms with Crippen LogP contribution >= 0.6 is 0 Å². The molecule has 1 aliphatic rings. The Balaban J connectivity index is 2.47. The van der Waals surface area contributed by atoms with Gasteiger partial charge in [-0.3, -0.25) is 0 Å². The molecule has 0 aromatic heterocycles. The van der Waals surface area contributed by atoms with Crippen LogP contribution in [0.2, 0.25) is 0 Å². The van der Waals surface area contributed by atoms with E-state index in [0.29, 0.717) is 12.3 Å². The average Bonchev–Trinajstić information content (AvgIpc) is 1.96. The van der Waals surface area contributed by atoms with Gasteiger partial charge in [-0.25, -0.2) is 4.79 Å². The first-order chi connectivity index (χ1) is 5.58. The summed E-state index contributed by atoms with van der Waals surface area (Å²) in [5.41, 5.74) is -0.967. The molecular weight excluding hydrogens is 156 g/mol. The van der Waals surface area contributed by atoms with E-state index in [9.17, 15) is 4.79 Å². The molecule has 0 heterocycles. The average molecular weight is 172 g/mol. The molecule has 12 heavy (non-hydrogen) atoms. The van der Waals surface area contributed by atoms with Crippen molar-refractivity contribution in [3.05, 3.63) is 0 Å². The Morgan fingerprint density at radius 2 is 2.25 bits per heavy atom. The topological polar surface area (TPSA) is 46.5 Å². The van der Waals surface area contributed by atoms with Crippen LogP contribution in [0.5, 0.6) is 0 Å². The molecule has 3 heteroatoms. The van der Waals surface area contributed by atoms with E-state index in [1.54, 1.807) is 6.92 Å². The predicted molar refractivity (Wildman–Crippen MR) is 45.0 cm³/mol. The second-order valence-electron chi connectivity index (χ2n) is 3.74. The third kappa shape index (κ3) is 1.78. The van der Waals surface area contributed by atoms with E-state index in [1.165, 1.54) is 13.5 Å². The van der Waals surface area contributed by atoms with Gasteiger partial charge in [-0.1, -0.05) is 19.3 Å². The molecule has 0 aromatic rings. The van der Waals surface area contributed by atoms with E-state index < -0.39 is 11.6 Å². The third-order valence-corrected chi connectivity index (χ3v) is 2.81. The number of ether oxygens (including phenoxy) is 1. The fourth-order valence-electron chi connectivity index (χ4n) is 1.51. The van der Waals surface area contributed by atoms with Gasteiger partial charge in [0.1, 0.15) is 0 Å². The van der Waals surface area contributed by atoms with Gasteiger partial charge in [-0.15, -0.1) is 0 Å². The Bertz CT molecular complexity index is 175. The highest BCUT2D eigenvalue weighted by atomic mass is 16.5. The normalized spacial score (nSPS) is 22.8. The minimum atomic E-state index is -0.967. The van der Waals surface area contributed by atoms with Crippen molar-refractivity contribution in [2.45, 2.75) is 38.2 Å². The van der Waals surface area contributed by atoms with Crippen molar-refractivity contribution in [1.82, 2.24) is 0 Å². The largest absolute Gasteiger partial charge is 0.479 e. The number of carboxylic acids is 1. The molecule has 0 aliphatic heterocycles. The maximum Gasteiger partial charge on any atom is 0.335 e. The van der Waals surface area contributed by atoms with Crippen LogP contribution in [0.25, 0.3) is 0 Å². The Labute approximate surface area is 72.7 Å². The molecule has 70 valence electrons. The monoisotopic (exact) mass is 172 g/mol. The first-order valence-corrected chi connectivity index (χ1v) is 4.37. The summed E-state index contributed by atoms with van der Waals surface area (Å²) < 4.78 is 5.01. The lowest BCUT2D eigenvalue weighted by atomic mass is 9.78. The molecule has 1 aliphatic carbocycles. The zero-order chi connectivity index (χ0) is 9.19. The molecule has 0 amide bonds. The summed E-state index contributed by atoms with van der Waals surface area (Å²) in [6.45, 7) is 1.65. The number of aliphatic carboxylic acids is 1. The van der Waals surface area contributed by atoms with Crippen LogP contribution in [0.4, 0.5) is 0 Å². The van der Waals surface area contributed by atoms with Gasteiger partial charge in [0.05, 0.1) is 0 Å². The van der Waals surface area contributed by atoms with Crippen LogP contribution < -0.4 is 0 Å². The number of hydrogen-bond acceptors (Lipinski definition) is 2. The SMILES string of the molecule is COC(C)(CC1CCC1)C(=O)O. The summed E-state index contributed by atoms with van der Waals surface area (Å²) in [6, 6.07) is 0. The van der Waals surface area contributed by atoms with Crippen molar-refractivity contribution in [2.24, 2.45) is 5.92 Å². The number of hydrogen-bond donors (Lipinski definition) is 1. The van der Waals surface area contributed by atoms with Gasteiger partial charge in [0.2, 0.25) is 0 Å². The molecule has 1 fully saturated rings. The standard InChI is InChI=1S/C9H16O3/c1-9(12-2,8(10)11)6-7-4-3-5-7/h7H,3-6H2,1-2H3,(H,10,11). The molecule has 0 radical (unpaired) electrons. The van der Waals surface area contributed by atoms with E-state index in [0.717, 1.165) is 12.8 Å². The smallest absolute Gasteiger partial charge is 0.335 e. The second-order valence-corrected chi connectivity index (χ2v) is 3.74. The lowest BCUT2D eigenvalue weighted by Crippen LogP contribution is -2.40. The van der Waals surface area contributed by atoms with Gasteiger partial charge in [-0.05, 0) is 19.3 Å². The molecule has 3 nitrogen and oxygen atoms in total. The lowest BCUT2D eigenvalue weighted by Gasteiger charge is -2.33. The van der Waals surface area contributed by atoms with Crippen LogP contribution in [-0.4, -0.2) is 23.8 Å². The van der Waals surface area contributed by atoms with Crippen LogP contribution in [0.3, 0.4) is 0 Å². The lowest BCUT2D eigenvalue weighted by molar-refractivity contribution is -0.163. The fraction of sp³-hybridized carbons (Fsp3) is 0.889. The van der Waals surface area contributed by atoms with Gasteiger partial charge in [0.15, 0.2) is 5.60 Å². The number of carbonyl (C=O) groups is 1. The van der Waals surface area contributed by atoms with Crippen molar-refractivity contribution in [1.29, 1.82) is 0 Å². The van der Waals surface area contributed by atoms with Crippen molar-refractivity contribution >= 4 is 5.97 Å². The molecule has 1 atom stereocenters. The van der Waals surface area contributed by atoms with Crippen LogP contribution in [0.15, 0.2) is 0 Å². The Hall–Kier alpha value is -0.570. The van der Waals surface area contributed by atoms with E-state index in [4.69, 9.17) is 9.84 Å². The summed E-state index contributed by atoms with van der Waals surface area (Å²) in [7, 11) is 1.47. The highest BCUT2D eigenvalue weighted by Gasteiger charge is 2.37. The third-order valence-electron chi connectivity index (χ3n) is 2.81. The van der Waals surface area contributed by atoms with Gasteiger partial charge < -0.3 is 9.84 Å². The summed E-state index contributed by atoms with van der Waals surface area (Å²) in [6.07, 6.45) is 4.21. The zero-order valence-electron chi connectivity index (χ0n) is 7.67. The van der Waals surface area contributed by atoms with Gasteiger partial charge in [0, 0.05) is 7.11 Å².